The molecule has 0 radical (unpaired) electrons. The quantitative estimate of drug-likeness (QED) is 0.847. The third-order valence-corrected chi connectivity index (χ3v) is 4.25. The molecular weight excluding hydrogens is 286 g/mol. The third kappa shape index (κ3) is 4.51. The van der Waals surface area contributed by atoms with Gasteiger partial charge in [0.1, 0.15) is 0 Å². The van der Waals surface area contributed by atoms with Crippen LogP contribution in [0.2, 0.25) is 0 Å². The van der Waals surface area contributed by atoms with Crippen molar-refractivity contribution < 1.29 is 13.2 Å². The number of halogens is 1. The van der Waals surface area contributed by atoms with E-state index in [-0.39, 0.29) is 22.8 Å². The maximum Gasteiger partial charge on any atom is 0.251 e. The molecule has 1 rings (SSSR count). The number of amides is 1. The van der Waals surface area contributed by atoms with Gasteiger partial charge < -0.3 is 5.32 Å². The molecule has 1 atom stereocenters. The van der Waals surface area contributed by atoms with E-state index in [0.29, 0.717) is 11.4 Å². The molecule has 1 amide bonds. The largest absolute Gasteiger partial charge is 0.348 e. The Hall–Kier alpha value is -1.07. The highest BCUT2D eigenvalue weighted by Crippen LogP contribution is 2.12. The summed E-state index contributed by atoms with van der Waals surface area (Å²) in [4.78, 5) is 12.2. The highest BCUT2D eigenvalue weighted by atomic mass is 35.5. The SMILES string of the molecule is CC(C)C(CCl)NC(=O)c1cccc(S(C)(=O)=O)c1. The summed E-state index contributed by atoms with van der Waals surface area (Å²) < 4.78 is 22.9. The van der Waals surface area contributed by atoms with Crippen molar-refractivity contribution in [3.05, 3.63) is 29.8 Å². The van der Waals surface area contributed by atoms with Crippen LogP contribution in [-0.2, 0) is 9.84 Å². The van der Waals surface area contributed by atoms with Crippen LogP contribution < -0.4 is 5.32 Å². The molecule has 1 aromatic rings. The molecule has 1 unspecified atom stereocenters. The second-order valence-electron chi connectivity index (χ2n) is 4.78. The number of alkyl halides is 1. The van der Waals surface area contributed by atoms with Crippen LogP contribution >= 0.6 is 11.6 Å². The van der Waals surface area contributed by atoms with Crippen LogP contribution in [0, 0.1) is 5.92 Å². The molecule has 0 heterocycles. The maximum atomic E-state index is 12.0. The normalized spacial score (nSPS) is 13.3. The summed E-state index contributed by atoms with van der Waals surface area (Å²) >= 11 is 5.79. The Balaban J connectivity index is 2.95. The van der Waals surface area contributed by atoms with Gasteiger partial charge in [0.2, 0.25) is 0 Å². The fourth-order valence-electron chi connectivity index (χ4n) is 1.50. The lowest BCUT2D eigenvalue weighted by Gasteiger charge is -2.19. The van der Waals surface area contributed by atoms with Crippen molar-refractivity contribution in [2.24, 2.45) is 5.92 Å². The van der Waals surface area contributed by atoms with E-state index in [9.17, 15) is 13.2 Å². The highest BCUT2D eigenvalue weighted by Gasteiger charge is 2.17. The minimum atomic E-state index is -3.32. The van der Waals surface area contributed by atoms with Crippen molar-refractivity contribution in [3.63, 3.8) is 0 Å². The van der Waals surface area contributed by atoms with Gasteiger partial charge in [-0.1, -0.05) is 19.9 Å². The van der Waals surface area contributed by atoms with E-state index >= 15 is 0 Å². The molecule has 0 bridgehead atoms. The molecule has 0 aromatic heterocycles. The molecular formula is C13H18ClNO3S. The minimum Gasteiger partial charge on any atom is -0.348 e. The average Bonchev–Trinajstić information content (AvgIpc) is 2.34. The Labute approximate surface area is 119 Å². The van der Waals surface area contributed by atoms with E-state index in [1.54, 1.807) is 12.1 Å². The molecule has 0 saturated carbocycles. The number of carbonyl (C=O) groups is 1. The van der Waals surface area contributed by atoms with Gasteiger partial charge in [0.05, 0.1) is 4.90 Å². The Morgan fingerprint density at radius 3 is 2.47 bits per heavy atom. The van der Waals surface area contributed by atoms with Crippen LogP contribution in [0.3, 0.4) is 0 Å². The van der Waals surface area contributed by atoms with Crippen LogP contribution in [0.25, 0.3) is 0 Å². The lowest BCUT2D eigenvalue weighted by atomic mass is 10.1. The van der Waals surface area contributed by atoms with Gasteiger partial charge in [0.15, 0.2) is 9.84 Å². The van der Waals surface area contributed by atoms with Crippen LogP contribution in [0.15, 0.2) is 29.2 Å². The molecule has 0 aliphatic carbocycles. The van der Waals surface area contributed by atoms with E-state index < -0.39 is 9.84 Å². The van der Waals surface area contributed by atoms with E-state index in [1.165, 1.54) is 12.1 Å². The molecule has 0 aliphatic rings. The van der Waals surface area contributed by atoms with Crippen LogP contribution in [0.4, 0.5) is 0 Å². The van der Waals surface area contributed by atoms with Crippen molar-refractivity contribution in [2.45, 2.75) is 24.8 Å². The Morgan fingerprint density at radius 2 is 2.00 bits per heavy atom. The lowest BCUT2D eigenvalue weighted by molar-refractivity contribution is 0.0931. The highest BCUT2D eigenvalue weighted by molar-refractivity contribution is 7.90. The Morgan fingerprint density at radius 1 is 1.37 bits per heavy atom. The summed E-state index contributed by atoms with van der Waals surface area (Å²) in [6.07, 6.45) is 1.11. The van der Waals surface area contributed by atoms with Gasteiger partial charge in [0, 0.05) is 23.7 Å². The first kappa shape index (κ1) is 16.0. The average molecular weight is 304 g/mol. The summed E-state index contributed by atoms with van der Waals surface area (Å²) in [5.41, 5.74) is 0.318. The summed E-state index contributed by atoms with van der Waals surface area (Å²) in [6.45, 7) is 3.92. The van der Waals surface area contributed by atoms with Gasteiger partial charge in [-0.25, -0.2) is 8.42 Å². The van der Waals surface area contributed by atoms with E-state index in [1.807, 2.05) is 13.8 Å². The molecule has 0 spiro atoms. The fraction of sp³-hybridized carbons (Fsp3) is 0.462. The van der Waals surface area contributed by atoms with Gasteiger partial charge in [-0.05, 0) is 24.1 Å². The third-order valence-electron chi connectivity index (χ3n) is 2.81. The molecule has 1 N–H and O–H groups in total. The zero-order valence-electron chi connectivity index (χ0n) is 11.2. The number of sulfone groups is 1. The summed E-state index contributed by atoms with van der Waals surface area (Å²) in [6, 6.07) is 5.83. The van der Waals surface area contributed by atoms with E-state index in [0.717, 1.165) is 6.26 Å². The summed E-state index contributed by atoms with van der Waals surface area (Å²) in [5.74, 6) is 0.208. The van der Waals surface area contributed by atoms with Gasteiger partial charge in [0.25, 0.3) is 5.91 Å². The number of rotatable bonds is 5. The van der Waals surface area contributed by atoms with Gasteiger partial charge in [-0.3, -0.25) is 4.79 Å². The number of benzene rings is 1. The Kier molecular flexibility index (Phi) is 5.38. The van der Waals surface area contributed by atoms with Crippen molar-refractivity contribution >= 4 is 27.3 Å². The monoisotopic (exact) mass is 303 g/mol. The van der Waals surface area contributed by atoms with E-state index in [2.05, 4.69) is 5.32 Å². The number of hydrogen-bond donors (Lipinski definition) is 1. The fourth-order valence-corrected chi connectivity index (χ4v) is 2.60. The zero-order chi connectivity index (χ0) is 14.6. The molecule has 1 aromatic carbocycles. The van der Waals surface area contributed by atoms with Crippen molar-refractivity contribution in [3.8, 4) is 0 Å². The van der Waals surface area contributed by atoms with Crippen LogP contribution in [0.5, 0.6) is 0 Å². The van der Waals surface area contributed by atoms with Gasteiger partial charge >= 0.3 is 0 Å². The smallest absolute Gasteiger partial charge is 0.251 e. The second-order valence-corrected chi connectivity index (χ2v) is 7.10. The zero-order valence-corrected chi connectivity index (χ0v) is 12.8. The van der Waals surface area contributed by atoms with E-state index in [4.69, 9.17) is 11.6 Å². The first-order valence-electron chi connectivity index (χ1n) is 5.92. The minimum absolute atomic E-state index is 0.132. The number of carbonyl (C=O) groups excluding carboxylic acids is 1. The molecule has 19 heavy (non-hydrogen) atoms. The first-order valence-corrected chi connectivity index (χ1v) is 8.35. The molecule has 0 saturated heterocycles. The summed E-state index contributed by atoms with van der Waals surface area (Å²) in [5, 5.41) is 2.80. The molecule has 106 valence electrons. The molecule has 6 heteroatoms. The summed E-state index contributed by atoms with van der Waals surface area (Å²) in [7, 11) is -3.32. The van der Waals surface area contributed by atoms with Crippen LogP contribution in [-0.4, -0.2) is 32.5 Å². The molecule has 4 nitrogen and oxygen atoms in total. The lowest BCUT2D eigenvalue weighted by Crippen LogP contribution is -2.39. The second kappa shape index (κ2) is 6.39. The molecule has 0 aliphatic heterocycles. The predicted molar refractivity (Wildman–Crippen MR) is 76.4 cm³/mol. The maximum absolute atomic E-state index is 12.0. The topological polar surface area (TPSA) is 63.2 Å². The van der Waals surface area contributed by atoms with Crippen LogP contribution in [0.1, 0.15) is 24.2 Å². The van der Waals surface area contributed by atoms with Crippen molar-refractivity contribution in [1.29, 1.82) is 0 Å². The van der Waals surface area contributed by atoms with Gasteiger partial charge in [-0.15, -0.1) is 11.6 Å². The van der Waals surface area contributed by atoms with Gasteiger partial charge in [-0.2, -0.15) is 0 Å². The Bertz CT molecular complexity index is 555. The first-order chi connectivity index (χ1) is 8.75. The predicted octanol–water partition coefficient (Wildman–Crippen LogP) is 2.08. The molecule has 0 fully saturated rings. The standard InChI is InChI=1S/C13H18ClNO3S/c1-9(2)12(8-14)15-13(16)10-5-4-6-11(7-10)19(3,17)18/h4-7,9,12H,8H2,1-3H3,(H,15,16). The van der Waals surface area contributed by atoms with Crippen molar-refractivity contribution in [2.75, 3.05) is 12.1 Å². The number of nitrogens with one attached hydrogen (secondary N) is 1. The number of hydrogen-bond acceptors (Lipinski definition) is 3. The van der Waals surface area contributed by atoms with Crippen molar-refractivity contribution in [1.82, 2.24) is 5.32 Å².